The van der Waals surface area contributed by atoms with Gasteiger partial charge in [-0.2, -0.15) is 0 Å². The van der Waals surface area contributed by atoms with Crippen LogP contribution >= 0.6 is 0 Å². The first-order valence-corrected chi connectivity index (χ1v) is 7.69. The molecule has 0 radical (unpaired) electrons. The summed E-state index contributed by atoms with van der Waals surface area (Å²) in [5.41, 5.74) is 1.11. The van der Waals surface area contributed by atoms with Crippen LogP contribution in [0.4, 0.5) is 0 Å². The Kier molecular flexibility index (Phi) is 6.12. The summed E-state index contributed by atoms with van der Waals surface area (Å²) in [6.45, 7) is 2.81. The van der Waals surface area contributed by atoms with E-state index in [1.165, 1.54) is 0 Å². The van der Waals surface area contributed by atoms with Crippen molar-refractivity contribution in [3.05, 3.63) is 42.0 Å². The molecule has 0 aromatic heterocycles. The van der Waals surface area contributed by atoms with Gasteiger partial charge in [0.2, 0.25) is 5.91 Å². The van der Waals surface area contributed by atoms with E-state index in [-0.39, 0.29) is 24.6 Å². The highest BCUT2D eigenvalue weighted by Crippen LogP contribution is 2.18. The molecule has 0 saturated carbocycles. The van der Waals surface area contributed by atoms with Crippen molar-refractivity contribution in [1.82, 2.24) is 10.2 Å². The van der Waals surface area contributed by atoms with Crippen molar-refractivity contribution in [3.63, 3.8) is 0 Å². The van der Waals surface area contributed by atoms with E-state index in [2.05, 4.69) is 5.32 Å². The van der Waals surface area contributed by atoms with Crippen molar-refractivity contribution in [2.24, 2.45) is 0 Å². The van der Waals surface area contributed by atoms with E-state index < -0.39 is 6.10 Å². The van der Waals surface area contributed by atoms with Crippen molar-refractivity contribution in [3.8, 4) is 0 Å². The number of hydrogen-bond acceptors (Lipinski definition) is 4. The molecule has 5 heteroatoms. The topological polar surface area (TPSA) is 72.8 Å². The molecule has 1 aliphatic rings. The monoisotopic (exact) mass is 304 g/mol. The number of likely N-dealkylation sites (tertiary alicyclic amines) is 1. The number of aliphatic hydroxyl groups excluding tert-OH is 2. The maximum Gasteiger partial charge on any atom is 0.220 e. The zero-order valence-corrected chi connectivity index (χ0v) is 12.9. The number of carbonyl (C=O) groups excluding carboxylic acids is 1. The number of carbonyl (C=O) groups is 1. The van der Waals surface area contributed by atoms with Gasteiger partial charge in [-0.1, -0.05) is 49.4 Å². The van der Waals surface area contributed by atoms with Gasteiger partial charge in [0.25, 0.3) is 0 Å². The Hall–Kier alpha value is -1.69. The Morgan fingerprint density at radius 1 is 1.41 bits per heavy atom. The summed E-state index contributed by atoms with van der Waals surface area (Å²) in [7, 11) is 0. The van der Waals surface area contributed by atoms with Crippen LogP contribution in [0.2, 0.25) is 0 Å². The zero-order valence-electron chi connectivity index (χ0n) is 12.9. The Morgan fingerprint density at radius 2 is 2.14 bits per heavy atom. The molecule has 0 spiro atoms. The molecule has 1 saturated heterocycles. The Morgan fingerprint density at radius 3 is 2.77 bits per heavy atom. The predicted octanol–water partition coefficient (Wildman–Crippen LogP) is 0.632. The lowest BCUT2D eigenvalue weighted by molar-refractivity contribution is -0.122. The van der Waals surface area contributed by atoms with E-state index in [1.807, 2.05) is 47.4 Å². The Labute approximate surface area is 131 Å². The normalized spacial score (nSPS) is 25.7. The van der Waals surface area contributed by atoms with E-state index in [9.17, 15) is 15.0 Å². The number of rotatable bonds is 6. The summed E-state index contributed by atoms with van der Waals surface area (Å²) in [5.74, 6) is -0.0811. The van der Waals surface area contributed by atoms with Crippen LogP contribution in [0.5, 0.6) is 0 Å². The highest BCUT2D eigenvalue weighted by atomic mass is 16.3. The average Bonchev–Trinajstić information content (AvgIpc) is 2.83. The average molecular weight is 304 g/mol. The fourth-order valence-electron chi connectivity index (χ4n) is 2.74. The van der Waals surface area contributed by atoms with Crippen LogP contribution in [-0.4, -0.2) is 58.9 Å². The fourth-order valence-corrected chi connectivity index (χ4v) is 2.74. The van der Waals surface area contributed by atoms with E-state index in [0.29, 0.717) is 19.5 Å². The van der Waals surface area contributed by atoms with Crippen LogP contribution < -0.4 is 5.32 Å². The van der Waals surface area contributed by atoms with Crippen LogP contribution in [0.15, 0.2) is 36.4 Å². The second-order valence-electron chi connectivity index (χ2n) is 5.54. The van der Waals surface area contributed by atoms with Gasteiger partial charge >= 0.3 is 0 Å². The van der Waals surface area contributed by atoms with Gasteiger partial charge in [-0.25, -0.2) is 0 Å². The molecule has 0 aliphatic carbocycles. The van der Waals surface area contributed by atoms with Crippen LogP contribution in [0.3, 0.4) is 0 Å². The third-order valence-electron chi connectivity index (χ3n) is 4.01. The van der Waals surface area contributed by atoms with Crippen LogP contribution in [-0.2, 0) is 4.79 Å². The zero-order chi connectivity index (χ0) is 15.9. The largest absolute Gasteiger partial charge is 0.395 e. The van der Waals surface area contributed by atoms with Gasteiger partial charge in [-0.05, 0) is 5.56 Å². The van der Waals surface area contributed by atoms with Gasteiger partial charge in [0.05, 0.1) is 24.8 Å². The SMILES string of the molecule is CCC(=O)N[C@H]1CN(C/C=C/c2ccccc2)[C@@H](CO)[C@@H]1O. The maximum atomic E-state index is 11.5. The summed E-state index contributed by atoms with van der Waals surface area (Å²) in [4.78, 5) is 13.5. The maximum absolute atomic E-state index is 11.5. The van der Waals surface area contributed by atoms with Crippen molar-refractivity contribution in [1.29, 1.82) is 0 Å². The molecule has 5 nitrogen and oxygen atoms in total. The summed E-state index contributed by atoms with van der Waals surface area (Å²) in [6, 6.07) is 9.29. The fraction of sp³-hybridized carbons (Fsp3) is 0.471. The Balaban J connectivity index is 1.95. The standard InChI is InChI=1S/C17H24N2O3/c1-2-16(21)18-14-11-19(15(12-20)17(14)22)10-6-9-13-7-4-3-5-8-13/h3-9,14-15,17,20,22H,2,10-12H2,1H3,(H,18,21)/b9-6+/t14-,15-,17+/m0/s1. The molecular weight excluding hydrogens is 280 g/mol. The lowest BCUT2D eigenvalue weighted by Gasteiger charge is -2.22. The van der Waals surface area contributed by atoms with Crippen molar-refractivity contribution < 1.29 is 15.0 Å². The van der Waals surface area contributed by atoms with Crippen molar-refractivity contribution >= 4 is 12.0 Å². The first-order valence-electron chi connectivity index (χ1n) is 7.69. The molecular formula is C17H24N2O3. The number of amides is 1. The molecule has 3 N–H and O–H groups in total. The second-order valence-corrected chi connectivity index (χ2v) is 5.54. The smallest absolute Gasteiger partial charge is 0.220 e. The number of aliphatic hydroxyl groups is 2. The van der Waals surface area contributed by atoms with Gasteiger partial charge in [0, 0.05) is 19.5 Å². The quantitative estimate of drug-likeness (QED) is 0.721. The van der Waals surface area contributed by atoms with Crippen LogP contribution in [0.25, 0.3) is 6.08 Å². The van der Waals surface area contributed by atoms with Gasteiger partial charge in [-0.15, -0.1) is 0 Å². The first-order chi connectivity index (χ1) is 10.7. The number of nitrogens with one attached hydrogen (secondary N) is 1. The molecule has 2 rings (SSSR count). The molecule has 0 unspecified atom stereocenters. The summed E-state index contributed by atoms with van der Waals surface area (Å²) in [5, 5.41) is 22.5. The van der Waals surface area contributed by atoms with Gasteiger partial charge in [0.15, 0.2) is 0 Å². The molecule has 120 valence electrons. The molecule has 1 amide bonds. The van der Waals surface area contributed by atoms with Crippen LogP contribution in [0, 0.1) is 0 Å². The molecule has 1 aromatic rings. The van der Waals surface area contributed by atoms with Crippen molar-refractivity contribution in [2.45, 2.75) is 31.5 Å². The van der Waals surface area contributed by atoms with Gasteiger partial charge in [-0.3, -0.25) is 9.69 Å². The predicted molar refractivity (Wildman–Crippen MR) is 86.2 cm³/mol. The first kappa shape index (κ1) is 16.7. The molecule has 1 aliphatic heterocycles. The molecule has 1 aromatic carbocycles. The van der Waals surface area contributed by atoms with Gasteiger partial charge < -0.3 is 15.5 Å². The second kappa shape index (κ2) is 8.08. The summed E-state index contributed by atoms with van der Waals surface area (Å²) in [6.07, 6.45) is 3.67. The summed E-state index contributed by atoms with van der Waals surface area (Å²) < 4.78 is 0. The minimum atomic E-state index is -0.745. The van der Waals surface area contributed by atoms with E-state index in [4.69, 9.17) is 0 Å². The van der Waals surface area contributed by atoms with Crippen molar-refractivity contribution in [2.75, 3.05) is 19.7 Å². The number of hydrogen-bond donors (Lipinski definition) is 3. The molecule has 3 atom stereocenters. The highest BCUT2D eigenvalue weighted by Gasteiger charge is 2.40. The summed E-state index contributed by atoms with van der Waals surface area (Å²) >= 11 is 0. The lowest BCUT2D eigenvalue weighted by Crippen LogP contribution is -2.45. The van der Waals surface area contributed by atoms with Gasteiger partial charge in [0.1, 0.15) is 0 Å². The lowest BCUT2D eigenvalue weighted by atomic mass is 10.1. The molecule has 22 heavy (non-hydrogen) atoms. The number of nitrogens with zero attached hydrogens (tertiary/aromatic N) is 1. The van der Waals surface area contributed by atoms with E-state index in [0.717, 1.165) is 5.56 Å². The minimum absolute atomic E-state index is 0.0811. The highest BCUT2D eigenvalue weighted by molar-refractivity contribution is 5.76. The van der Waals surface area contributed by atoms with E-state index >= 15 is 0 Å². The minimum Gasteiger partial charge on any atom is -0.395 e. The molecule has 1 fully saturated rings. The molecule has 1 heterocycles. The third kappa shape index (κ3) is 4.16. The number of benzene rings is 1. The van der Waals surface area contributed by atoms with Crippen LogP contribution in [0.1, 0.15) is 18.9 Å². The third-order valence-corrected chi connectivity index (χ3v) is 4.01. The van der Waals surface area contributed by atoms with E-state index in [1.54, 1.807) is 6.92 Å². The Bertz CT molecular complexity index is 504. The molecule has 0 bridgehead atoms.